The zero-order valence-corrected chi connectivity index (χ0v) is 19.9. The summed E-state index contributed by atoms with van der Waals surface area (Å²) in [5.74, 6) is 0.936. The van der Waals surface area contributed by atoms with Crippen molar-refractivity contribution < 1.29 is 14.3 Å². The molecule has 7 rings (SSSR count). The van der Waals surface area contributed by atoms with Crippen LogP contribution in [0.3, 0.4) is 0 Å². The number of carbonyl (C=O) groups is 2. The second kappa shape index (κ2) is 8.26. The summed E-state index contributed by atoms with van der Waals surface area (Å²) in [5.41, 5.74) is 9.59. The van der Waals surface area contributed by atoms with Gasteiger partial charge < -0.3 is 15.8 Å². The number of nitrogens with two attached hydrogens (primary N) is 1. The first-order valence-corrected chi connectivity index (χ1v) is 12.5. The van der Waals surface area contributed by atoms with Gasteiger partial charge in [-0.25, -0.2) is 4.99 Å². The number of nitrogens with zero attached hydrogens (tertiary/aromatic N) is 2. The Hall–Kier alpha value is -3.61. The fourth-order valence-corrected chi connectivity index (χ4v) is 5.51. The summed E-state index contributed by atoms with van der Waals surface area (Å²) in [4.78, 5) is 32.6. The number of amides is 2. The molecule has 7 nitrogen and oxygen atoms in total. The highest BCUT2D eigenvalue weighted by Gasteiger charge is 2.51. The quantitative estimate of drug-likeness (QED) is 0.601. The maximum Gasteiger partial charge on any atom is 0.251 e. The molecule has 3 atom stereocenters. The average molecular weight is 471 g/mol. The van der Waals surface area contributed by atoms with Crippen LogP contribution in [0.2, 0.25) is 0 Å². The highest BCUT2D eigenvalue weighted by molar-refractivity contribution is 5.99. The van der Waals surface area contributed by atoms with Crippen molar-refractivity contribution in [2.75, 3.05) is 0 Å². The van der Waals surface area contributed by atoms with Crippen molar-refractivity contribution in [1.29, 1.82) is 0 Å². The number of rotatable bonds is 0. The lowest BCUT2D eigenvalue weighted by molar-refractivity contribution is -0.130. The van der Waals surface area contributed by atoms with E-state index in [0.29, 0.717) is 12.0 Å². The molecular weight excluding hydrogens is 440 g/mol. The molecule has 3 N–H and O–H groups in total. The van der Waals surface area contributed by atoms with E-state index in [0.717, 1.165) is 54.5 Å². The minimum atomic E-state index is -0.320. The van der Waals surface area contributed by atoms with Crippen molar-refractivity contribution in [2.45, 2.75) is 69.2 Å². The van der Waals surface area contributed by atoms with E-state index >= 15 is 0 Å². The third-order valence-corrected chi connectivity index (χ3v) is 7.66. The lowest BCUT2D eigenvalue weighted by atomic mass is 9.92. The molecule has 0 radical (unpaired) electrons. The van der Waals surface area contributed by atoms with Gasteiger partial charge in [-0.15, -0.1) is 0 Å². The smallest absolute Gasteiger partial charge is 0.251 e. The number of allylic oxidation sites excluding steroid dienone is 1. The van der Waals surface area contributed by atoms with Gasteiger partial charge in [-0.3, -0.25) is 14.5 Å². The van der Waals surface area contributed by atoms with Gasteiger partial charge in [-0.1, -0.05) is 30.4 Å². The van der Waals surface area contributed by atoms with Crippen molar-refractivity contribution >= 4 is 23.8 Å². The van der Waals surface area contributed by atoms with Crippen LogP contribution in [0.15, 0.2) is 53.5 Å². The van der Waals surface area contributed by atoms with E-state index in [1.54, 1.807) is 4.90 Å². The van der Waals surface area contributed by atoms with Gasteiger partial charge >= 0.3 is 0 Å². The van der Waals surface area contributed by atoms with E-state index in [1.165, 1.54) is 0 Å². The molecule has 7 heteroatoms. The van der Waals surface area contributed by atoms with Crippen LogP contribution in [0.4, 0.5) is 0 Å². The van der Waals surface area contributed by atoms with Crippen LogP contribution in [0.1, 0.15) is 84.6 Å². The van der Waals surface area contributed by atoms with Crippen molar-refractivity contribution in [3.63, 3.8) is 0 Å². The van der Waals surface area contributed by atoms with E-state index in [1.807, 2.05) is 37.3 Å². The summed E-state index contributed by atoms with van der Waals surface area (Å²) < 4.78 is 6.33. The number of aliphatic imine (C=N–C) groups is 1. The summed E-state index contributed by atoms with van der Waals surface area (Å²) in [5, 5.41) is 3.27. The molecule has 0 saturated heterocycles. The summed E-state index contributed by atoms with van der Waals surface area (Å²) in [6, 6.07) is 13.1. The Balaban J connectivity index is 1.40. The Labute approximate surface area is 205 Å². The van der Waals surface area contributed by atoms with Gasteiger partial charge in [0.05, 0.1) is 18.1 Å². The number of carbonyl (C=O) groups excluding carboxylic acids is 2. The third-order valence-electron chi connectivity index (χ3n) is 7.66. The van der Waals surface area contributed by atoms with E-state index in [2.05, 4.69) is 34.6 Å². The highest BCUT2D eigenvalue weighted by Crippen LogP contribution is 2.52. The van der Waals surface area contributed by atoms with Gasteiger partial charge in [0.2, 0.25) is 5.91 Å². The van der Waals surface area contributed by atoms with Crippen molar-refractivity contribution in [3.8, 4) is 5.75 Å². The Morgan fingerprint density at radius 2 is 2.03 bits per heavy atom. The molecule has 0 aromatic heterocycles. The van der Waals surface area contributed by atoms with Crippen LogP contribution in [0.5, 0.6) is 5.75 Å². The molecule has 2 aromatic rings. The lowest BCUT2D eigenvalue weighted by Crippen LogP contribution is -2.48. The van der Waals surface area contributed by atoms with Gasteiger partial charge in [0.25, 0.3) is 5.91 Å². The van der Waals surface area contributed by atoms with Crippen LogP contribution >= 0.6 is 0 Å². The Kier molecular flexibility index (Phi) is 5.16. The number of nitrogens with one attached hydrogen (secondary N) is 1. The van der Waals surface area contributed by atoms with Gasteiger partial charge in [-0.2, -0.15) is 0 Å². The van der Waals surface area contributed by atoms with Crippen LogP contribution in [0, 0.1) is 0 Å². The van der Waals surface area contributed by atoms with Gasteiger partial charge in [-0.05, 0) is 68.0 Å². The van der Waals surface area contributed by atoms with Crippen molar-refractivity contribution in [2.24, 2.45) is 10.7 Å². The predicted octanol–water partition coefficient (Wildman–Crippen LogP) is 4.26. The molecule has 35 heavy (non-hydrogen) atoms. The molecular formula is C28H30N4O3. The fraction of sp³-hybridized carbons (Fsp3) is 0.393. The van der Waals surface area contributed by atoms with Crippen LogP contribution in [0.25, 0.3) is 6.08 Å². The molecule has 5 aliphatic rings. The molecule has 1 spiro atoms. The summed E-state index contributed by atoms with van der Waals surface area (Å²) in [7, 11) is 0. The van der Waals surface area contributed by atoms with Crippen LogP contribution in [-0.2, 0) is 4.79 Å². The summed E-state index contributed by atoms with van der Waals surface area (Å²) >= 11 is 0. The Morgan fingerprint density at radius 1 is 1.17 bits per heavy atom. The fourth-order valence-electron chi connectivity index (χ4n) is 5.51. The normalized spacial score (nSPS) is 27.9. The maximum absolute atomic E-state index is 13.4. The number of benzene rings is 2. The lowest BCUT2D eigenvalue weighted by Gasteiger charge is -2.34. The first-order chi connectivity index (χ1) is 16.9. The topological polar surface area (TPSA) is 97.0 Å². The van der Waals surface area contributed by atoms with Gasteiger partial charge in [0, 0.05) is 24.0 Å². The predicted molar refractivity (Wildman–Crippen MR) is 134 cm³/mol. The molecule has 1 aliphatic carbocycles. The molecule has 4 aliphatic heterocycles. The standard InChI is InChI=1S/C28H30N4O3/c1-17-19-6-4-7-20(14-19)26(34)31-23-16-28(11-12-28)35-24-10-9-18(13-22(23)24)5-2-3-8-21-15-25(33)32(17)27(29)30-21/h2,4-7,9-10,13-14,17,21,23H,3,8,11-12,15-16H2,1H3,(H2,29,30)(H,31,34)/b5-2-/t17-,21?,23?/m1/s1. The maximum atomic E-state index is 13.4. The van der Waals surface area contributed by atoms with E-state index in [9.17, 15) is 9.59 Å². The second-order valence-corrected chi connectivity index (χ2v) is 10.2. The molecule has 6 bridgehead atoms. The minimum absolute atomic E-state index is 0.0351. The van der Waals surface area contributed by atoms with Crippen LogP contribution in [-0.4, -0.2) is 34.3 Å². The number of fused-ring (bicyclic) bond motifs is 4. The van der Waals surface area contributed by atoms with E-state index < -0.39 is 0 Å². The highest BCUT2D eigenvalue weighted by atomic mass is 16.5. The first-order valence-electron chi connectivity index (χ1n) is 12.5. The van der Waals surface area contributed by atoms with Gasteiger partial charge in [0.1, 0.15) is 11.4 Å². The molecule has 4 heterocycles. The molecule has 2 unspecified atom stereocenters. The molecule has 1 saturated carbocycles. The average Bonchev–Trinajstić information content (AvgIpc) is 3.59. The number of guanidine groups is 1. The second-order valence-electron chi connectivity index (χ2n) is 10.2. The van der Waals surface area contributed by atoms with Crippen molar-refractivity contribution in [1.82, 2.24) is 10.2 Å². The van der Waals surface area contributed by atoms with Gasteiger partial charge in [0.15, 0.2) is 5.96 Å². The molecule has 1 fully saturated rings. The SMILES string of the molecule is C[C@@H]1c2cccc(c2)C(=O)NC2CC3(CC3)Oc3ccc(cc32)/C=C\CCC2CC(=O)N1C(N)=N2. The zero-order chi connectivity index (χ0) is 24.2. The largest absolute Gasteiger partial charge is 0.487 e. The Morgan fingerprint density at radius 3 is 2.83 bits per heavy atom. The van der Waals surface area contributed by atoms with Crippen molar-refractivity contribution in [3.05, 3.63) is 70.8 Å². The van der Waals surface area contributed by atoms with Crippen LogP contribution < -0.4 is 15.8 Å². The summed E-state index contributed by atoms with van der Waals surface area (Å²) in [6.45, 7) is 1.92. The number of ether oxygens (including phenoxy) is 1. The Bertz CT molecular complexity index is 1260. The minimum Gasteiger partial charge on any atom is -0.487 e. The molecule has 2 aromatic carbocycles. The van der Waals surface area contributed by atoms with E-state index in [-0.39, 0.29) is 41.5 Å². The zero-order valence-electron chi connectivity index (χ0n) is 19.9. The monoisotopic (exact) mass is 470 g/mol. The first kappa shape index (κ1) is 21.9. The number of hydrogen-bond acceptors (Lipinski definition) is 5. The number of hydrogen-bond donors (Lipinski definition) is 2. The molecule has 180 valence electrons. The third kappa shape index (κ3) is 4.09. The summed E-state index contributed by atoms with van der Waals surface area (Å²) in [6.07, 6.45) is 8.88. The molecule has 2 amide bonds. The van der Waals surface area contributed by atoms with E-state index in [4.69, 9.17) is 10.5 Å².